The van der Waals surface area contributed by atoms with Gasteiger partial charge in [-0.05, 0) is 24.1 Å². The largest absolute Gasteiger partial charge is 0.360 e. The Hall–Kier alpha value is -2.15. The first-order valence-corrected chi connectivity index (χ1v) is 6.69. The van der Waals surface area contributed by atoms with Crippen LogP contribution in [0.1, 0.15) is 18.2 Å². The molecule has 0 fully saturated rings. The summed E-state index contributed by atoms with van der Waals surface area (Å²) in [5.41, 5.74) is 1.10. The van der Waals surface area contributed by atoms with Gasteiger partial charge >= 0.3 is 5.69 Å². The highest BCUT2D eigenvalue weighted by Crippen LogP contribution is 2.29. The summed E-state index contributed by atoms with van der Waals surface area (Å²) in [4.78, 5) is 10.7. The first-order valence-electron chi connectivity index (χ1n) is 6.32. The zero-order valence-corrected chi connectivity index (χ0v) is 12.3. The van der Waals surface area contributed by atoms with E-state index in [4.69, 9.17) is 11.6 Å². The van der Waals surface area contributed by atoms with Gasteiger partial charge in [0.2, 0.25) is 5.82 Å². The summed E-state index contributed by atoms with van der Waals surface area (Å²) in [5, 5.41) is 18.3. The van der Waals surface area contributed by atoms with Gasteiger partial charge in [0.25, 0.3) is 0 Å². The Morgan fingerprint density at radius 2 is 2.24 bits per heavy atom. The van der Waals surface area contributed by atoms with E-state index in [9.17, 15) is 14.5 Å². The van der Waals surface area contributed by atoms with Crippen molar-refractivity contribution in [1.82, 2.24) is 9.78 Å². The molecule has 6 nitrogen and oxygen atoms in total. The lowest BCUT2D eigenvalue weighted by Crippen LogP contribution is -2.06. The Morgan fingerprint density at radius 1 is 1.52 bits per heavy atom. The molecular weight excluding hydrogens is 299 g/mol. The predicted molar refractivity (Wildman–Crippen MR) is 78.0 cm³/mol. The smallest absolute Gasteiger partial charge is 0.333 e. The molecule has 1 aromatic heterocycles. The van der Waals surface area contributed by atoms with E-state index in [1.54, 1.807) is 20.0 Å². The van der Waals surface area contributed by atoms with Crippen molar-refractivity contribution in [3.05, 3.63) is 50.4 Å². The van der Waals surface area contributed by atoms with Gasteiger partial charge in [-0.25, -0.2) is 9.07 Å². The Morgan fingerprint density at radius 3 is 2.81 bits per heavy atom. The molecule has 0 saturated heterocycles. The van der Waals surface area contributed by atoms with Gasteiger partial charge in [0.15, 0.2) is 0 Å². The van der Waals surface area contributed by atoms with Gasteiger partial charge in [-0.15, -0.1) is 0 Å². The normalized spacial score (nSPS) is 10.7. The maximum absolute atomic E-state index is 13.1. The SMILES string of the molecule is CCc1nn(C)c(NCc2ccc(F)c(Cl)c2)c1[N+](=O)[O-]. The van der Waals surface area contributed by atoms with Gasteiger partial charge < -0.3 is 5.32 Å². The second kappa shape index (κ2) is 6.09. The van der Waals surface area contributed by atoms with Crippen molar-refractivity contribution < 1.29 is 9.31 Å². The van der Waals surface area contributed by atoms with Crippen LogP contribution in [0.3, 0.4) is 0 Å². The summed E-state index contributed by atoms with van der Waals surface area (Å²) >= 11 is 5.71. The third kappa shape index (κ3) is 3.13. The third-order valence-electron chi connectivity index (χ3n) is 3.05. The van der Waals surface area contributed by atoms with Crippen LogP contribution in [-0.2, 0) is 20.0 Å². The molecule has 1 heterocycles. The van der Waals surface area contributed by atoms with Crippen molar-refractivity contribution >= 4 is 23.1 Å². The minimum atomic E-state index is -0.500. The molecule has 0 aliphatic heterocycles. The average Bonchev–Trinajstić information content (AvgIpc) is 2.76. The Bertz CT molecular complexity index is 687. The number of nitrogens with zero attached hydrogens (tertiary/aromatic N) is 3. The van der Waals surface area contributed by atoms with Crippen LogP contribution in [-0.4, -0.2) is 14.7 Å². The van der Waals surface area contributed by atoms with E-state index in [0.717, 1.165) is 5.56 Å². The number of hydrogen-bond donors (Lipinski definition) is 1. The molecule has 0 spiro atoms. The lowest BCUT2D eigenvalue weighted by molar-refractivity contribution is -0.384. The molecule has 2 aromatic rings. The number of benzene rings is 1. The van der Waals surface area contributed by atoms with Crippen molar-refractivity contribution in [2.75, 3.05) is 5.32 Å². The van der Waals surface area contributed by atoms with Gasteiger partial charge in [0.1, 0.15) is 11.5 Å². The summed E-state index contributed by atoms with van der Waals surface area (Å²) in [5.74, 6) is -0.183. The van der Waals surface area contributed by atoms with Crippen molar-refractivity contribution in [2.45, 2.75) is 19.9 Å². The number of hydrogen-bond acceptors (Lipinski definition) is 4. The molecule has 0 bridgehead atoms. The van der Waals surface area contributed by atoms with E-state index in [-0.39, 0.29) is 17.3 Å². The summed E-state index contributed by atoms with van der Waals surface area (Å²) in [6.45, 7) is 2.09. The van der Waals surface area contributed by atoms with E-state index in [0.29, 0.717) is 17.9 Å². The van der Waals surface area contributed by atoms with E-state index in [2.05, 4.69) is 10.4 Å². The van der Waals surface area contributed by atoms with E-state index >= 15 is 0 Å². The van der Waals surface area contributed by atoms with Gasteiger partial charge in [-0.1, -0.05) is 24.6 Å². The van der Waals surface area contributed by atoms with Gasteiger partial charge in [-0.3, -0.25) is 10.1 Å². The number of aromatic nitrogens is 2. The Balaban J connectivity index is 2.25. The zero-order valence-electron chi connectivity index (χ0n) is 11.6. The first kappa shape index (κ1) is 15.2. The fourth-order valence-electron chi connectivity index (χ4n) is 2.03. The molecule has 0 amide bonds. The molecule has 2 rings (SSSR count). The molecule has 0 atom stereocenters. The van der Waals surface area contributed by atoms with Crippen LogP contribution < -0.4 is 5.32 Å². The highest BCUT2D eigenvalue weighted by molar-refractivity contribution is 6.30. The van der Waals surface area contributed by atoms with E-state index in [1.807, 2.05) is 0 Å². The number of anilines is 1. The highest BCUT2D eigenvalue weighted by Gasteiger charge is 2.25. The molecule has 21 heavy (non-hydrogen) atoms. The average molecular weight is 313 g/mol. The monoisotopic (exact) mass is 312 g/mol. The molecular formula is C13H14ClFN4O2. The molecule has 0 aliphatic rings. The van der Waals surface area contributed by atoms with Crippen LogP contribution in [0.25, 0.3) is 0 Å². The molecule has 1 N–H and O–H groups in total. The highest BCUT2D eigenvalue weighted by atomic mass is 35.5. The van der Waals surface area contributed by atoms with Crippen LogP contribution in [0.2, 0.25) is 5.02 Å². The quantitative estimate of drug-likeness (QED) is 0.679. The molecule has 0 radical (unpaired) electrons. The van der Waals surface area contributed by atoms with Crippen LogP contribution in [0.15, 0.2) is 18.2 Å². The van der Waals surface area contributed by atoms with Gasteiger partial charge in [0.05, 0.1) is 9.95 Å². The standard InChI is InChI=1S/C13H14ClFN4O2/c1-3-11-12(19(20)21)13(18(2)17-11)16-7-8-4-5-10(15)9(14)6-8/h4-6,16H,3,7H2,1-2H3. The van der Waals surface area contributed by atoms with Crippen LogP contribution in [0.5, 0.6) is 0 Å². The van der Waals surface area contributed by atoms with Gasteiger partial charge in [-0.2, -0.15) is 5.10 Å². The Labute approximate surface area is 125 Å². The minimum Gasteiger partial charge on any atom is -0.360 e. The molecule has 0 aliphatic carbocycles. The molecule has 1 aromatic carbocycles. The van der Waals surface area contributed by atoms with Gasteiger partial charge in [0, 0.05) is 13.6 Å². The number of nitro groups is 1. The Kier molecular flexibility index (Phi) is 4.42. The van der Waals surface area contributed by atoms with Crippen molar-refractivity contribution in [3.8, 4) is 0 Å². The summed E-state index contributed by atoms with van der Waals surface area (Å²) in [6.07, 6.45) is 0.466. The van der Waals surface area contributed by atoms with Crippen molar-refractivity contribution in [1.29, 1.82) is 0 Å². The third-order valence-corrected chi connectivity index (χ3v) is 3.34. The zero-order chi connectivity index (χ0) is 15.6. The number of halogens is 2. The summed E-state index contributed by atoms with van der Waals surface area (Å²) < 4.78 is 14.5. The van der Waals surface area contributed by atoms with E-state index < -0.39 is 10.7 Å². The second-order valence-electron chi connectivity index (χ2n) is 4.48. The molecule has 0 unspecified atom stereocenters. The topological polar surface area (TPSA) is 73.0 Å². The fourth-order valence-corrected chi connectivity index (χ4v) is 2.24. The minimum absolute atomic E-state index is 0.0167. The predicted octanol–water partition coefficient (Wildman–Crippen LogP) is 3.30. The molecule has 0 saturated carbocycles. The number of rotatable bonds is 5. The van der Waals surface area contributed by atoms with Crippen LogP contribution >= 0.6 is 11.6 Å². The van der Waals surface area contributed by atoms with E-state index in [1.165, 1.54) is 16.8 Å². The summed E-state index contributed by atoms with van der Waals surface area (Å²) in [7, 11) is 1.63. The molecule has 112 valence electrons. The van der Waals surface area contributed by atoms with Crippen molar-refractivity contribution in [3.63, 3.8) is 0 Å². The number of nitrogens with one attached hydrogen (secondary N) is 1. The number of aryl methyl sites for hydroxylation is 2. The lowest BCUT2D eigenvalue weighted by Gasteiger charge is -2.07. The maximum Gasteiger partial charge on any atom is 0.333 e. The van der Waals surface area contributed by atoms with Crippen molar-refractivity contribution in [2.24, 2.45) is 7.05 Å². The van der Waals surface area contributed by atoms with Crippen LogP contribution in [0.4, 0.5) is 15.9 Å². The lowest BCUT2D eigenvalue weighted by atomic mass is 10.2. The molecule has 8 heteroatoms. The van der Waals surface area contributed by atoms with Crippen LogP contribution in [0, 0.1) is 15.9 Å². The summed E-state index contributed by atoms with van der Waals surface area (Å²) in [6, 6.07) is 4.30. The second-order valence-corrected chi connectivity index (χ2v) is 4.89. The fraction of sp³-hybridized carbons (Fsp3) is 0.308. The maximum atomic E-state index is 13.1. The first-order chi connectivity index (χ1) is 9.93.